The third-order valence-corrected chi connectivity index (χ3v) is 3.08. The molecule has 12 heavy (non-hydrogen) atoms. The predicted molar refractivity (Wildman–Crippen MR) is 62.8 cm³/mol. The fourth-order valence-electron chi connectivity index (χ4n) is 1.12. The van der Waals surface area contributed by atoms with Crippen molar-refractivity contribution in [2.45, 2.75) is 25.6 Å². The van der Waals surface area contributed by atoms with E-state index in [1.165, 1.54) is 14.7 Å². The van der Waals surface area contributed by atoms with Gasteiger partial charge in [-0.3, -0.25) is 0 Å². The Morgan fingerprint density at radius 3 is 2.50 bits per heavy atom. The minimum atomic E-state index is 0.598. The maximum absolute atomic E-state index is 5.73. The van der Waals surface area contributed by atoms with Crippen molar-refractivity contribution in [3.05, 3.63) is 32.9 Å². The molecular weight excluding hydrogens is 282 g/mol. The SMILES string of the molecule is CC(C)c1ccc(CCl)cc1I. The Kier molecular flexibility index (Phi) is 3.84. The number of alkyl halides is 1. The minimum absolute atomic E-state index is 0.598. The van der Waals surface area contributed by atoms with Crippen LogP contribution in [0.4, 0.5) is 0 Å². The van der Waals surface area contributed by atoms with Gasteiger partial charge in [0, 0.05) is 9.45 Å². The molecule has 0 aliphatic rings. The Balaban J connectivity index is 3.03. The average molecular weight is 295 g/mol. The van der Waals surface area contributed by atoms with Crippen LogP contribution in [0.2, 0.25) is 0 Å². The third-order valence-electron chi connectivity index (χ3n) is 1.84. The summed E-state index contributed by atoms with van der Waals surface area (Å²) in [6.07, 6.45) is 0. The van der Waals surface area contributed by atoms with Gasteiger partial charge in [0.15, 0.2) is 0 Å². The molecule has 1 rings (SSSR count). The Bertz CT molecular complexity index is 269. The van der Waals surface area contributed by atoms with E-state index < -0.39 is 0 Å². The lowest BCUT2D eigenvalue weighted by Crippen LogP contribution is -1.92. The van der Waals surface area contributed by atoms with E-state index in [2.05, 4.69) is 54.6 Å². The highest BCUT2D eigenvalue weighted by molar-refractivity contribution is 14.1. The van der Waals surface area contributed by atoms with Crippen LogP contribution in [0, 0.1) is 3.57 Å². The Morgan fingerprint density at radius 1 is 1.42 bits per heavy atom. The van der Waals surface area contributed by atoms with Gasteiger partial charge in [-0.25, -0.2) is 0 Å². The van der Waals surface area contributed by atoms with E-state index in [-0.39, 0.29) is 0 Å². The molecule has 0 aliphatic carbocycles. The summed E-state index contributed by atoms with van der Waals surface area (Å²) in [6, 6.07) is 6.43. The standard InChI is InChI=1S/C10H12ClI/c1-7(2)9-4-3-8(6-11)5-10(9)12/h3-5,7H,6H2,1-2H3. The molecule has 0 saturated heterocycles. The summed E-state index contributed by atoms with van der Waals surface area (Å²) in [5.41, 5.74) is 2.61. The maximum atomic E-state index is 5.73. The number of benzene rings is 1. The van der Waals surface area contributed by atoms with Crippen molar-refractivity contribution >= 4 is 34.2 Å². The molecule has 0 N–H and O–H groups in total. The van der Waals surface area contributed by atoms with Crippen LogP contribution in [-0.4, -0.2) is 0 Å². The lowest BCUT2D eigenvalue weighted by Gasteiger charge is -2.08. The second-order valence-corrected chi connectivity index (χ2v) is 4.57. The van der Waals surface area contributed by atoms with Crippen molar-refractivity contribution in [1.29, 1.82) is 0 Å². The largest absolute Gasteiger partial charge is 0.122 e. The van der Waals surface area contributed by atoms with Gasteiger partial charge in [-0.1, -0.05) is 26.0 Å². The van der Waals surface area contributed by atoms with Gasteiger partial charge >= 0.3 is 0 Å². The smallest absolute Gasteiger partial charge is 0.0474 e. The molecule has 0 nitrogen and oxygen atoms in total. The zero-order valence-electron chi connectivity index (χ0n) is 7.27. The van der Waals surface area contributed by atoms with E-state index in [9.17, 15) is 0 Å². The molecule has 1 aromatic carbocycles. The number of hydrogen-bond donors (Lipinski definition) is 0. The van der Waals surface area contributed by atoms with E-state index in [0.29, 0.717) is 11.8 Å². The topological polar surface area (TPSA) is 0 Å². The van der Waals surface area contributed by atoms with Gasteiger partial charge in [-0.05, 0) is 45.7 Å². The van der Waals surface area contributed by atoms with E-state index in [1.54, 1.807) is 0 Å². The van der Waals surface area contributed by atoms with Crippen LogP contribution in [0.15, 0.2) is 18.2 Å². The van der Waals surface area contributed by atoms with Gasteiger partial charge in [0.2, 0.25) is 0 Å². The normalized spacial score (nSPS) is 10.8. The summed E-state index contributed by atoms with van der Waals surface area (Å²) in [6.45, 7) is 4.41. The van der Waals surface area contributed by atoms with Crippen LogP contribution in [-0.2, 0) is 5.88 Å². The summed E-state index contributed by atoms with van der Waals surface area (Å²) in [4.78, 5) is 0. The van der Waals surface area contributed by atoms with E-state index in [4.69, 9.17) is 11.6 Å². The lowest BCUT2D eigenvalue weighted by atomic mass is 10.0. The van der Waals surface area contributed by atoms with Gasteiger partial charge in [0.05, 0.1) is 0 Å². The first-order valence-electron chi connectivity index (χ1n) is 3.99. The highest BCUT2D eigenvalue weighted by atomic mass is 127. The number of rotatable bonds is 2. The summed E-state index contributed by atoms with van der Waals surface area (Å²) in [5, 5.41) is 0. The molecule has 66 valence electrons. The summed E-state index contributed by atoms with van der Waals surface area (Å²) < 4.78 is 1.32. The second kappa shape index (κ2) is 4.47. The molecule has 1 aromatic rings. The summed E-state index contributed by atoms with van der Waals surface area (Å²) >= 11 is 8.09. The first-order chi connectivity index (χ1) is 5.65. The summed E-state index contributed by atoms with van der Waals surface area (Å²) in [7, 11) is 0. The Labute approximate surface area is 92.5 Å². The van der Waals surface area contributed by atoms with E-state index in [1.807, 2.05) is 0 Å². The molecular formula is C10H12ClI. The molecule has 0 aliphatic heterocycles. The van der Waals surface area contributed by atoms with Crippen molar-refractivity contribution in [1.82, 2.24) is 0 Å². The van der Waals surface area contributed by atoms with Crippen molar-refractivity contribution in [2.75, 3.05) is 0 Å². The molecule has 0 bridgehead atoms. The molecule has 0 aromatic heterocycles. The van der Waals surface area contributed by atoms with Gasteiger partial charge in [0.25, 0.3) is 0 Å². The molecule has 0 saturated carbocycles. The Hall–Kier alpha value is 0.240. The van der Waals surface area contributed by atoms with Gasteiger partial charge < -0.3 is 0 Å². The maximum Gasteiger partial charge on any atom is 0.0474 e. The molecule has 0 spiro atoms. The first-order valence-corrected chi connectivity index (χ1v) is 5.60. The molecule has 0 heterocycles. The van der Waals surface area contributed by atoms with E-state index >= 15 is 0 Å². The zero-order chi connectivity index (χ0) is 9.14. The van der Waals surface area contributed by atoms with Crippen molar-refractivity contribution in [2.24, 2.45) is 0 Å². The van der Waals surface area contributed by atoms with Crippen LogP contribution in [0.3, 0.4) is 0 Å². The number of hydrogen-bond acceptors (Lipinski definition) is 0. The molecule has 0 atom stereocenters. The quantitative estimate of drug-likeness (QED) is 0.568. The molecule has 0 fully saturated rings. The monoisotopic (exact) mass is 294 g/mol. The van der Waals surface area contributed by atoms with Crippen molar-refractivity contribution in [3.8, 4) is 0 Å². The molecule has 0 unspecified atom stereocenters. The van der Waals surface area contributed by atoms with Crippen LogP contribution in [0.1, 0.15) is 30.9 Å². The van der Waals surface area contributed by atoms with Crippen LogP contribution < -0.4 is 0 Å². The predicted octanol–water partition coefficient (Wildman–Crippen LogP) is 4.15. The van der Waals surface area contributed by atoms with Crippen LogP contribution >= 0.6 is 34.2 Å². The summed E-state index contributed by atoms with van der Waals surface area (Å²) in [5.74, 6) is 1.20. The van der Waals surface area contributed by atoms with Gasteiger partial charge in [0.1, 0.15) is 0 Å². The first kappa shape index (κ1) is 10.3. The lowest BCUT2D eigenvalue weighted by molar-refractivity contribution is 0.859. The highest BCUT2D eigenvalue weighted by Gasteiger charge is 2.04. The molecule has 0 radical (unpaired) electrons. The minimum Gasteiger partial charge on any atom is -0.122 e. The van der Waals surface area contributed by atoms with Gasteiger partial charge in [-0.2, -0.15) is 0 Å². The zero-order valence-corrected chi connectivity index (χ0v) is 10.2. The molecule has 2 heteroatoms. The number of halogens is 2. The fourth-order valence-corrected chi connectivity index (χ4v) is 2.49. The van der Waals surface area contributed by atoms with Gasteiger partial charge in [-0.15, -0.1) is 11.6 Å². The average Bonchev–Trinajstić information content (AvgIpc) is 2.03. The fraction of sp³-hybridized carbons (Fsp3) is 0.400. The van der Waals surface area contributed by atoms with E-state index in [0.717, 1.165) is 0 Å². The van der Waals surface area contributed by atoms with Crippen molar-refractivity contribution < 1.29 is 0 Å². The molecule has 0 amide bonds. The van der Waals surface area contributed by atoms with Crippen LogP contribution in [0.25, 0.3) is 0 Å². The second-order valence-electron chi connectivity index (χ2n) is 3.14. The van der Waals surface area contributed by atoms with Crippen molar-refractivity contribution in [3.63, 3.8) is 0 Å². The Morgan fingerprint density at radius 2 is 2.08 bits per heavy atom. The third kappa shape index (κ3) is 2.36. The highest BCUT2D eigenvalue weighted by Crippen LogP contribution is 2.22. The van der Waals surface area contributed by atoms with Crippen LogP contribution in [0.5, 0.6) is 0 Å².